The molecular formula is C20H34N4O8. The Bertz CT molecular complexity index is 697. The molecule has 0 heterocycles. The number of hydrogen-bond donors (Lipinski definition) is 3. The van der Waals surface area contributed by atoms with Gasteiger partial charge in [0, 0.05) is 12.6 Å². The highest BCUT2D eigenvalue weighted by molar-refractivity contribution is 5.64. The van der Waals surface area contributed by atoms with Gasteiger partial charge in [0.2, 0.25) is 0 Å². The van der Waals surface area contributed by atoms with Gasteiger partial charge in [0.15, 0.2) is 0 Å². The number of nitro groups is 3. The van der Waals surface area contributed by atoms with E-state index in [1.165, 1.54) is 51.4 Å². The van der Waals surface area contributed by atoms with Crippen LogP contribution >= 0.6 is 0 Å². The molecule has 0 amide bonds. The van der Waals surface area contributed by atoms with Crippen LogP contribution < -0.4 is 5.32 Å². The molecule has 0 bridgehead atoms. The highest BCUT2D eigenvalue weighted by atomic mass is 16.6. The van der Waals surface area contributed by atoms with E-state index < -0.39 is 37.6 Å². The Morgan fingerprint density at radius 3 is 1.62 bits per heavy atom. The van der Waals surface area contributed by atoms with Gasteiger partial charge in [0.25, 0.3) is 11.4 Å². The van der Waals surface area contributed by atoms with E-state index in [1.807, 2.05) is 6.92 Å². The minimum atomic E-state index is -1.21. The lowest BCUT2D eigenvalue weighted by atomic mass is 10.0. The number of phenolic OH excluding ortho intramolecular Hbond substituents is 1. The van der Waals surface area contributed by atoms with E-state index in [2.05, 4.69) is 19.2 Å². The molecule has 12 heteroatoms. The van der Waals surface area contributed by atoms with Crippen molar-refractivity contribution in [1.82, 2.24) is 5.32 Å². The molecule has 0 aromatic heterocycles. The molecule has 0 spiro atoms. The third kappa shape index (κ3) is 11.5. The summed E-state index contributed by atoms with van der Waals surface area (Å²) in [6.07, 6.45) is 10.2. The van der Waals surface area contributed by atoms with Gasteiger partial charge in [-0.1, -0.05) is 52.4 Å². The zero-order chi connectivity index (χ0) is 24.7. The molecule has 0 saturated carbocycles. The van der Waals surface area contributed by atoms with Gasteiger partial charge in [0.05, 0.1) is 33.0 Å². The summed E-state index contributed by atoms with van der Waals surface area (Å²) in [6.45, 7) is 7.08. The monoisotopic (exact) mass is 458 g/mol. The Morgan fingerprint density at radius 1 is 0.875 bits per heavy atom. The Labute approximate surface area is 187 Å². The molecule has 0 aliphatic rings. The Kier molecular flexibility index (Phi) is 14.5. The van der Waals surface area contributed by atoms with Crippen molar-refractivity contribution in [3.63, 3.8) is 0 Å². The van der Waals surface area contributed by atoms with Gasteiger partial charge < -0.3 is 15.5 Å². The molecule has 0 radical (unpaired) electrons. The second kappa shape index (κ2) is 15.9. The smallest absolute Gasteiger partial charge is 0.324 e. The van der Waals surface area contributed by atoms with Crippen LogP contribution in [0.15, 0.2) is 12.1 Å². The highest BCUT2D eigenvalue weighted by Gasteiger charge is 2.30. The van der Waals surface area contributed by atoms with Crippen LogP contribution in [0.1, 0.15) is 72.1 Å². The topological polar surface area (TPSA) is 182 Å². The van der Waals surface area contributed by atoms with Gasteiger partial charge in [-0.2, -0.15) is 0 Å². The van der Waals surface area contributed by atoms with Crippen LogP contribution in [0.25, 0.3) is 0 Å². The number of hydrogen-bond acceptors (Lipinski definition) is 9. The van der Waals surface area contributed by atoms with Crippen molar-refractivity contribution < 1.29 is 25.0 Å². The second-order valence-electron chi connectivity index (χ2n) is 7.55. The second-order valence-corrected chi connectivity index (χ2v) is 7.55. The fraction of sp³-hybridized carbons (Fsp3) is 0.700. The largest absolute Gasteiger partial charge is 0.497 e. The van der Waals surface area contributed by atoms with Gasteiger partial charge in [-0.05, 0) is 19.8 Å². The van der Waals surface area contributed by atoms with Crippen molar-refractivity contribution in [2.24, 2.45) is 0 Å². The maximum absolute atomic E-state index is 10.4. The third-order valence-corrected chi connectivity index (χ3v) is 4.67. The van der Waals surface area contributed by atoms with E-state index in [-0.39, 0.29) is 6.10 Å². The molecule has 0 aliphatic heterocycles. The van der Waals surface area contributed by atoms with E-state index in [9.17, 15) is 35.4 Å². The first kappa shape index (κ1) is 29.1. The van der Waals surface area contributed by atoms with Gasteiger partial charge in [-0.15, -0.1) is 0 Å². The van der Waals surface area contributed by atoms with Crippen LogP contribution in [0.5, 0.6) is 5.75 Å². The van der Waals surface area contributed by atoms with Crippen LogP contribution in [-0.4, -0.2) is 43.7 Å². The Balaban J connectivity index is 0.000000601. The molecule has 1 unspecified atom stereocenters. The maximum Gasteiger partial charge on any atom is 0.324 e. The first-order chi connectivity index (χ1) is 15.0. The SMILES string of the molecule is CCCCCC(CCCCC)NCC(C)O.O=[N+]([O-])c1cc([N+](=O)[O-])c(O)c([N+](=O)[O-])c1. The zero-order valence-electron chi connectivity index (χ0n) is 18.9. The summed E-state index contributed by atoms with van der Waals surface area (Å²) in [5, 5.41) is 53.0. The number of benzene rings is 1. The predicted octanol–water partition coefficient (Wildman–Crippen LogP) is 4.60. The summed E-state index contributed by atoms with van der Waals surface area (Å²) in [7, 11) is 0. The maximum atomic E-state index is 10.4. The standard InChI is InChI=1S/C14H31NO.C6H3N3O7/c1-4-6-8-10-14(11-9-7-5-2)15-12-13(3)16;10-6-4(8(13)14)1-3(7(11)12)2-5(6)9(15)16/h13-16H,4-12H2,1-3H3;1-2,10H. The van der Waals surface area contributed by atoms with Crippen LogP contribution in [-0.2, 0) is 0 Å². The molecular weight excluding hydrogens is 424 g/mol. The fourth-order valence-corrected chi connectivity index (χ4v) is 2.94. The number of nitrogens with one attached hydrogen (secondary N) is 1. The number of rotatable bonds is 14. The minimum Gasteiger partial charge on any atom is -0.497 e. The molecule has 12 nitrogen and oxygen atoms in total. The van der Waals surface area contributed by atoms with Crippen molar-refractivity contribution >= 4 is 17.1 Å². The Morgan fingerprint density at radius 2 is 1.31 bits per heavy atom. The number of unbranched alkanes of at least 4 members (excludes halogenated alkanes) is 4. The average Bonchev–Trinajstić information content (AvgIpc) is 2.71. The van der Waals surface area contributed by atoms with Crippen molar-refractivity contribution in [1.29, 1.82) is 0 Å². The molecule has 0 fully saturated rings. The number of aliphatic hydroxyl groups excluding tert-OH is 1. The summed E-state index contributed by atoms with van der Waals surface area (Å²) in [4.78, 5) is 27.8. The summed E-state index contributed by atoms with van der Waals surface area (Å²) in [5.41, 5.74) is -3.00. The lowest BCUT2D eigenvalue weighted by Gasteiger charge is -2.19. The molecule has 0 saturated heterocycles. The number of nitrogens with zero attached hydrogens (tertiary/aromatic N) is 3. The molecule has 32 heavy (non-hydrogen) atoms. The molecule has 1 aromatic carbocycles. The van der Waals surface area contributed by atoms with Crippen LogP contribution in [0.4, 0.5) is 17.1 Å². The van der Waals surface area contributed by atoms with Crippen molar-refractivity contribution in [3.05, 3.63) is 42.5 Å². The normalized spacial score (nSPS) is 11.5. The number of aromatic hydroxyl groups is 1. The summed E-state index contributed by atoms with van der Waals surface area (Å²) in [5.74, 6) is -1.21. The first-order valence-corrected chi connectivity index (χ1v) is 10.8. The van der Waals surface area contributed by atoms with Gasteiger partial charge in [0.1, 0.15) is 0 Å². The van der Waals surface area contributed by atoms with Crippen LogP contribution in [0.3, 0.4) is 0 Å². The number of nitro benzene ring substituents is 3. The molecule has 1 atom stereocenters. The van der Waals surface area contributed by atoms with E-state index in [1.54, 1.807) is 0 Å². The lowest BCUT2D eigenvalue weighted by molar-refractivity contribution is -0.404. The van der Waals surface area contributed by atoms with Crippen molar-refractivity contribution in [2.45, 2.75) is 84.3 Å². The van der Waals surface area contributed by atoms with Crippen molar-refractivity contribution in [3.8, 4) is 5.75 Å². The van der Waals surface area contributed by atoms with Crippen LogP contribution in [0.2, 0.25) is 0 Å². The average molecular weight is 459 g/mol. The van der Waals surface area contributed by atoms with E-state index in [0.717, 1.165) is 6.54 Å². The molecule has 182 valence electrons. The number of non-ortho nitro benzene ring substituents is 1. The van der Waals surface area contributed by atoms with E-state index in [0.29, 0.717) is 18.2 Å². The van der Waals surface area contributed by atoms with Gasteiger partial charge in [-0.3, -0.25) is 30.3 Å². The quantitative estimate of drug-likeness (QED) is 0.204. The fourth-order valence-electron chi connectivity index (χ4n) is 2.94. The Hall–Kier alpha value is -2.86. The van der Waals surface area contributed by atoms with E-state index >= 15 is 0 Å². The summed E-state index contributed by atoms with van der Waals surface area (Å²) >= 11 is 0. The number of aliphatic hydroxyl groups is 1. The van der Waals surface area contributed by atoms with Gasteiger partial charge >= 0.3 is 11.4 Å². The first-order valence-electron chi connectivity index (χ1n) is 10.8. The molecule has 3 N–H and O–H groups in total. The molecule has 0 aliphatic carbocycles. The minimum absolute atomic E-state index is 0.222. The molecule has 1 rings (SSSR count). The highest BCUT2D eigenvalue weighted by Crippen LogP contribution is 2.38. The predicted molar refractivity (Wildman–Crippen MR) is 120 cm³/mol. The summed E-state index contributed by atoms with van der Waals surface area (Å²) < 4.78 is 0. The van der Waals surface area contributed by atoms with E-state index in [4.69, 9.17) is 5.11 Å². The molecule has 1 aromatic rings. The summed E-state index contributed by atoms with van der Waals surface area (Å²) in [6, 6.07) is 1.51. The van der Waals surface area contributed by atoms with Gasteiger partial charge in [-0.25, -0.2) is 0 Å². The van der Waals surface area contributed by atoms with Crippen LogP contribution in [0, 0.1) is 30.3 Å². The van der Waals surface area contributed by atoms with Crippen molar-refractivity contribution in [2.75, 3.05) is 6.54 Å². The third-order valence-electron chi connectivity index (χ3n) is 4.67. The number of phenols is 1. The lowest BCUT2D eigenvalue weighted by Crippen LogP contribution is -2.34. The zero-order valence-corrected chi connectivity index (χ0v) is 18.9.